The fourth-order valence-corrected chi connectivity index (χ4v) is 3.99. The zero-order valence-corrected chi connectivity index (χ0v) is 26.4. The van der Waals surface area contributed by atoms with E-state index in [9.17, 15) is 0 Å². The van der Waals surface area contributed by atoms with E-state index in [2.05, 4.69) is 84.2 Å². The number of benzene rings is 3. The normalized spacial score (nSPS) is 12.6. The molecule has 0 saturated carbocycles. The molecule has 206 valence electrons. The molecule has 3 aromatic rings. The van der Waals surface area contributed by atoms with Crippen molar-refractivity contribution in [3.8, 4) is 0 Å². The molecule has 1 aliphatic rings. The summed E-state index contributed by atoms with van der Waals surface area (Å²) in [5.41, 5.74) is 6.58. The third-order valence-electron chi connectivity index (χ3n) is 5.37. The average molecular weight is 523 g/mol. The van der Waals surface area contributed by atoms with Crippen LogP contribution in [0, 0.1) is 12.8 Å². The van der Waals surface area contributed by atoms with Crippen molar-refractivity contribution in [2.24, 2.45) is 5.92 Å². The van der Waals surface area contributed by atoms with Gasteiger partial charge in [-0.1, -0.05) is 153 Å². The molecule has 0 spiro atoms. The Morgan fingerprint density at radius 3 is 1.78 bits per heavy atom. The monoisotopic (exact) mass is 522 g/mol. The molecule has 1 aliphatic carbocycles. The van der Waals surface area contributed by atoms with Gasteiger partial charge >= 0.3 is 0 Å². The molecule has 1 heteroatoms. The number of halogens is 1. The van der Waals surface area contributed by atoms with E-state index in [-0.39, 0.29) is 0 Å². The van der Waals surface area contributed by atoms with Crippen molar-refractivity contribution in [1.29, 1.82) is 0 Å². The minimum absolute atomic E-state index is 0.684. The second-order valence-electron chi connectivity index (χ2n) is 8.90. The summed E-state index contributed by atoms with van der Waals surface area (Å²) < 4.78 is 0. The predicted octanol–water partition coefficient (Wildman–Crippen LogP) is 12.7. The third kappa shape index (κ3) is 14.3. The molecule has 0 N–H and O–H groups in total. The lowest BCUT2D eigenvalue weighted by Gasteiger charge is -2.25. The van der Waals surface area contributed by atoms with Gasteiger partial charge in [0.2, 0.25) is 0 Å². The van der Waals surface area contributed by atoms with Gasteiger partial charge in [-0.05, 0) is 78.1 Å². The summed E-state index contributed by atoms with van der Waals surface area (Å²) in [4.78, 5) is 0. The first kappa shape index (κ1) is 36.8. The van der Waals surface area contributed by atoms with Crippen LogP contribution in [0.3, 0.4) is 0 Å². The maximum absolute atomic E-state index is 5.86. The van der Waals surface area contributed by atoms with E-state index in [0.29, 0.717) is 5.92 Å². The van der Waals surface area contributed by atoms with Crippen LogP contribution in [-0.2, 0) is 12.8 Å². The second kappa shape index (κ2) is 22.9. The van der Waals surface area contributed by atoms with E-state index in [0.717, 1.165) is 10.6 Å². The topological polar surface area (TPSA) is 0 Å². The number of rotatable bonds is 2. The van der Waals surface area contributed by atoms with Crippen LogP contribution >= 0.6 is 11.6 Å². The Labute approximate surface area is 235 Å². The summed E-state index contributed by atoms with van der Waals surface area (Å²) in [6.45, 7) is 28.4. The van der Waals surface area contributed by atoms with Crippen molar-refractivity contribution in [1.82, 2.24) is 0 Å². The summed E-state index contributed by atoms with van der Waals surface area (Å²) in [5.74, 6) is 0.684. The van der Waals surface area contributed by atoms with Crippen molar-refractivity contribution in [2.45, 2.75) is 101 Å². The molecule has 0 aromatic heterocycles. The van der Waals surface area contributed by atoms with Crippen molar-refractivity contribution >= 4 is 28.4 Å². The highest BCUT2D eigenvalue weighted by atomic mass is 35.5. The van der Waals surface area contributed by atoms with Crippen LogP contribution in [0.25, 0.3) is 16.8 Å². The summed E-state index contributed by atoms with van der Waals surface area (Å²) in [6, 6.07) is 19.3. The highest BCUT2D eigenvalue weighted by Crippen LogP contribution is 2.32. The Hall–Kier alpha value is -2.31. The van der Waals surface area contributed by atoms with Crippen LogP contribution in [0.2, 0.25) is 5.02 Å². The number of hydrogen-bond acceptors (Lipinski definition) is 0. The van der Waals surface area contributed by atoms with Gasteiger partial charge in [0.05, 0.1) is 0 Å². The van der Waals surface area contributed by atoms with Crippen LogP contribution in [0.1, 0.15) is 104 Å². The summed E-state index contributed by atoms with van der Waals surface area (Å²) in [5, 5.41) is 3.52. The Morgan fingerprint density at radius 2 is 1.35 bits per heavy atom. The van der Waals surface area contributed by atoms with Gasteiger partial charge in [0.15, 0.2) is 0 Å². The first-order chi connectivity index (χ1) is 17.8. The molecule has 0 bridgehead atoms. The molecular weight excluding hydrogens is 468 g/mol. The standard InChI is InChI=1S/C17H18.C9H9Cl.2C3H8.2C2H6/c1-12(2)13-7-8-16-10-14-5-3-4-6-15(14)11-17(16)9-13;1-3-8-5-4-7(2)6-9(8)10;2*1-3-2;2*1-2/h3-6,10-11,13H,1,7-9H2,2H3;3-6H,1H2,2H3;2*3H2,1-2H3;2*1-2H3. The Balaban J connectivity index is 0. The molecule has 0 heterocycles. The lowest BCUT2D eigenvalue weighted by Crippen LogP contribution is -2.14. The van der Waals surface area contributed by atoms with Gasteiger partial charge in [-0.2, -0.15) is 0 Å². The van der Waals surface area contributed by atoms with E-state index in [1.165, 1.54) is 59.6 Å². The van der Waals surface area contributed by atoms with Gasteiger partial charge < -0.3 is 0 Å². The zero-order valence-electron chi connectivity index (χ0n) is 25.7. The Kier molecular flexibility index (Phi) is 22.8. The molecule has 0 aliphatic heterocycles. The van der Waals surface area contributed by atoms with E-state index >= 15 is 0 Å². The number of hydrogen-bond donors (Lipinski definition) is 0. The fraction of sp³-hybridized carbons (Fsp3) is 0.444. The lowest BCUT2D eigenvalue weighted by molar-refractivity contribution is 0.528. The van der Waals surface area contributed by atoms with Gasteiger partial charge in [0.25, 0.3) is 0 Å². The van der Waals surface area contributed by atoms with Crippen LogP contribution in [-0.4, -0.2) is 0 Å². The molecule has 1 unspecified atom stereocenters. The lowest BCUT2D eigenvalue weighted by atomic mass is 9.80. The number of allylic oxidation sites excluding steroid dienone is 1. The highest BCUT2D eigenvalue weighted by molar-refractivity contribution is 6.32. The van der Waals surface area contributed by atoms with Gasteiger partial charge in [-0.3, -0.25) is 0 Å². The first-order valence-electron chi connectivity index (χ1n) is 14.4. The fourth-order valence-electron chi connectivity index (χ4n) is 3.67. The molecule has 0 amide bonds. The number of fused-ring (bicyclic) bond motifs is 2. The van der Waals surface area contributed by atoms with Crippen LogP contribution in [0.4, 0.5) is 0 Å². The van der Waals surface area contributed by atoms with Crippen LogP contribution in [0.15, 0.2) is 73.3 Å². The second-order valence-corrected chi connectivity index (χ2v) is 9.30. The molecule has 0 saturated heterocycles. The molecule has 4 rings (SSSR count). The van der Waals surface area contributed by atoms with E-state index in [1.54, 1.807) is 11.6 Å². The summed E-state index contributed by atoms with van der Waals surface area (Å²) >= 11 is 5.86. The maximum Gasteiger partial charge on any atom is 0.0480 e. The van der Waals surface area contributed by atoms with Gasteiger partial charge in [0.1, 0.15) is 0 Å². The van der Waals surface area contributed by atoms with Crippen molar-refractivity contribution in [3.05, 3.63) is 101 Å². The third-order valence-corrected chi connectivity index (χ3v) is 5.70. The average Bonchev–Trinajstić information content (AvgIpc) is 2.91. The molecule has 0 radical (unpaired) electrons. The van der Waals surface area contributed by atoms with Crippen molar-refractivity contribution in [3.63, 3.8) is 0 Å². The van der Waals surface area contributed by atoms with Gasteiger partial charge in [-0.15, -0.1) is 0 Å². The van der Waals surface area contributed by atoms with Crippen LogP contribution < -0.4 is 0 Å². The highest BCUT2D eigenvalue weighted by Gasteiger charge is 2.19. The predicted molar refractivity (Wildman–Crippen MR) is 175 cm³/mol. The SMILES string of the molecule is C=C(C)C1CCc2cc3ccccc3cc2C1.C=Cc1ccc(C)cc1Cl.CC.CC.CCC.CCC. The molecular formula is C36H55Cl. The van der Waals surface area contributed by atoms with Gasteiger partial charge in [0, 0.05) is 5.02 Å². The molecule has 1 atom stereocenters. The minimum Gasteiger partial charge on any atom is -0.0998 e. The zero-order chi connectivity index (χ0) is 28.8. The molecule has 3 aromatic carbocycles. The molecule has 37 heavy (non-hydrogen) atoms. The Morgan fingerprint density at radius 1 is 0.865 bits per heavy atom. The van der Waals surface area contributed by atoms with Crippen molar-refractivity contribution in [2.75, 3.05) is 0 Å². The van der Waals surface area contributed by atoms with Crippen LogP contribution in [0.5, 0.6) is 0 Å². The molecule has 0 nitrogen and oxygen atoms in total. The minimum atomic E-state index is 0.684. The quantitative estimate of drug-likeness (QED) is 0.293. The van der Waals surface area contributed by atoms with E-state index in [1.807, 2.05) is 52.8 Å². The smallest absolute Gasteiger partial charge is 0.0480 e. The van der Waals surface area contributed by atoms with E-state index < -0.39 is 0 Å². The van der Waals surface area contributed by atoms with Gasteiger partial charge in [-0.25, -0.2) is 0 Å². The van der Waals surface area contributed by atoms with E-state index in [4.69, 9.17) is 11.6 Å². The largest absolute Gasteiger partial charge is 0.0998 e. The summed E-state index contributed by atoms with van der Waals surface area (Å²) in [6.07, 6.45) is 7.90. The first-order valence-corrected chi connectivity index (χ1v) is 14.7. The number of aryl methyl sites for hydroxylation is 2. The maximum atomic E-state index is 5.86. The summed E-state index contributed by atoms with van der Waals surface area (Å²) in [7, 11) is 0. The Bertz CT molecular complexity index is 1010. The van der Waals surface area contributed by atoms with Crippen molar-refractivity contribution < 1.29 is 0 Å². The molecule has 0 fully saturated rings.